The Hall–Kier alpha value is -0.800. The molecular weight excluding hydrogens is 138 g/mol. The minimum absolute atomic E-state index is 0.338. The van der Waals surface area contributed by atoms with Crippen molar-refractivity contribution in [2.45, 2.75) is 12.6 Å². The molecule has 3 N–H and O–H groups in total. The molecular formula is C8H13N3. The highest BCUT2D eigenvalue weighted by Crippen LogP contribution is 2.18. The second-order valence-electron chi connectivity index (χ2n) is 2.84. The number of nitrogens with one attached hydrogen (secondary N) is 3. The van der Waals surface area contributed by atoms with E-state index in [2.05, 4.69) is 21.7 Å². The molecule has 0 saturated carbocycles. The van der Waals surface area contributed by atoms with Crippen LogP contribution in [0, 0.1) is 0 Å². The van der Waals surface area contributed by atoms with Crippen molar-refractivity contribution in [2.24, 2.45) is 0 Å². The maximum Gasteiger partial charge on any atom is 0.0850 e. The van der Waals surface area contributed by atoms with Crippen LogP contribution in [0.4, 0.5) is 0 Å². The zero-order valence-corrected chi connectivity index (χ0v) is 6.65. The van der Waals surface area contributed by atoms with Crippen LogP contribution < -0.4 is 10.6 Å². The van der Waals surface area contributed by atoms with Crippen LogP contribution in [0.5, 0.6) is 0 Å². The highest BCUT2D eigenvalue weighted by atomic mass is 15.1. The van der Waals surface area contributed by atoms with E-state index in [0.29, 0.717) is 6.17 Å². The van der Waals surface area contributed by atoms with Gasteiger partial charge in [0.15, 0.2) is 0 Å². The molecule has 0 spiro atoms. The molecule has 0 aliphatic carbocycles. The van der Waals surface area contributed by atoms with Gasteiger partial charge in [-0.1, -0.05) is 0 Å². The zero-order valence-electron chi connectivity index (χ0n) is 6.65. The van der Waals surface area contributed by atoms with Gasteiger partial charge in [0.1, 0.15) is 0 Å². The Balaban J connectivity index is 2.32. The summed E-state index contributed by atoms with van der Waals surface area (Å²) in [7, 11) is 1.97. The third-order valence-electron chi connectivity index (χ3n) is 2.19. The average Bonchev–Trinajstić information content (AvgIpc) is 2.50. The minimum atomic E-state index is 0.338. The maximum absolute atomic E-state index is 3.38. The second kappa shape index (κ2) is 2.68. The molecule has 1 unspecified atom stereocenters. The number of hydrogen-bond acceptors (Lipinski definition) is 2. The highest BCUT2D eigenvalue weighted by molar-refractivity contribution is 5.26. The lowest BCUT2D eigenvalue weighted by Gasteiger charge is -2.23. The molecule has 0 aromatic carbocycles. The second-order valence-corrected chi connectivity index (χ2v) is 2.84. The molecule has 1 aromatic rings. The van der Waals surface area contributed by atoms with Gasteiger partial charge in [-0.2, -0.15) is 0 Å². The van der Waals surface area contributed by atoms with Crippen LogP contribution in [0.2, 0.25) is 0 Å². The van der Waals surface area contributed by atoms with Crippen LogP contribution in [0.3, 0.4) is 0 Å². The molecule has 0 radical (unpaired) electrons. The lowest BCUT2D eigenvalue weighted by molar-refractivity contribution is 0.450. The quantitative estimate of drug-likeness (QED) is 0.543. The zero-order chi connectivity index (χ0) is 7.68. The minimum Gasteiger partial charge on any atom is -0.365 e. The van der Waals surface area contributed by atoms with E-state index in [1.54, 1.807) is 0 Å². The van der Waals surface area contributed by atoms with Gasteiger partial charge in [0.2, 0.25) is 0 Å². The largest absolute Gasteiger partial charge is 0.365 e. The van der Waals surface area contributed by atoms with Crippen molar-refractivity contribution in [3.63, 3.8) is 0 Å². The Morgan fingerprint density at radius 3 is 3.36 bits per heavy atom. The molecule has 1 aliphatic heterocycles. The third kappa shape index (κ3) is 1.06. The molecule has 0 fully saturated rings. The van der Waals surface area contributed by atoms with Crippen molar-refractivity contribution in [1.29, 1.82) is 0 Å². The summed E-state index contributed by atoms with van der Waals surface area (Å²) in [6, 6.07) is 2.13. The number of rotatable bonds is 1. The van der Waals surface area contributed by atoms with Crippen molar-refractivity contribution in [2.75, 3.05) is 13.6 Å². The fraction of sp³-hybridized carbons (Fsp3) is 0.500. The van der Waals surface area contributed by atoms with Crippen LogP contribution in [0.15, 0.2) is 12.3 Å². The standard InChI is InChI=1S/C8H13N3/c1-9-8-6-2-4-10-7(6)3-5-11-8/h2,4,8-11H,3,5H2,1H3. The number of aromatic nitrogens is 1. The third-order valence-corrected chi connectivity index (χ3v) is 2.19. The van der Waals surface area contributed by atoms with Gasteiger partial charge in [-0.3, -0.25) is 5.32 Å². The average molecular weight is 151 g/mol. The van der Waals surface area contributed by atoms with Crippen molar-refractivity contribution >= 4 is 0 Å². The van der Waals surface area contributed by atoms with Gasteiger partial charge in [0.05, 0.1) is 6.17 Å². The summed E-state index contributed by atoms with van der Waals surface area (Å²) in [4.78, 5) is 3.24. The Labute approximate surface area is 66.2 Å². The Morgan fingerprint density at radius 1 is 1.64 bits per heavy atom. The van der Waals surface area contributed by atoms with Crippen molar-refractivity contribution < 1.29 is 0 Å². The molecule has 1 atom stereocenters. The fourth-order valence-electron chi connectivity index (χ4n) is 1.61. The molecule has 60 valence electrons. The van der Waals surface area contributed by atoms with Gasteiger partial charge in [0, 0.05) is 30.4 Å². The summed E-state index contributed by atoms with van der Waals surface area (Å²) in [5.41, 5.74) is 2.72. The summed E-state index contributed by atoms with van der Waals surface area (Å²) < 4.78 is 0. The number of hydrogen-bond donors (Lipinski definition) is 3. The van der Waals surface area contributed by atoms with Gasteiger partial charge < -0.3 is 10.3 Å². The van der Waals surface area contributed by atoms with E-state index in [-0.39, 0.29) is 0 Å². The van der Waals surface area contributed by atoms with Gasteiger partial charge in [-0.25, -0.2) is 0 Å². The van der Waals surface area contributed by atoms with Crippen LogP contribution in [0.1, 0.15) is 17.4 Å². The highest BCUT2D eigenvalue weighted by Gasteiger charge is 2.17. The van der Waals surface area contributed by atoms with E-state index in [0.717, 1.165) is 13.0 Å². The normalized spacial score (nSPS) is 23.2. The van der Waals surface area contributed by atoms with Crippen molar-refractivity contribution in [3.8, 4) is 0 Å². The lowest BCUT2D eigenvalue weighted by Crippen LogP contribution is -2.37. The van der Waals surface area contributed by atoms with Crippen molar-refractivity contribution in [3.05, 3.63) is 23.5 Å². The smallest absolute Gasteiger partial charge is 0.0850 e. The van der Waals surface area contributed by atoms with Crippen LogP contribution >= 0.6 is 0 Å². The summed E-state index contributed by atoms with van der Waals surface area (Å²) in [6.07, 6.45) is 3.45. The first-order valence-corrected chi connectivity index (χ1v) is 3.98. The molecule has 2 rings (SSSR count). The predicted octanol–water partition coefficient (Wildman–Crippen LogP) is 0.378. The van der Waals surface area contributed by atoms with E-state index in [9.17, 15) is 0 Å². The first-order valence-electron chi connectivity index (χ1n) is 3.98. The van der Waals surface area contributed by atoms with E-state index >= 15 is 0 Å². The SMILES string of the molecule is CNC1NCCc2[nH]ccc21. The molecule has 0 bridgehead atoms. The van der Waals surface area contributed by atoms with Crippen LogP contribution in [0.25, 0.3) is 0 Å². The first-order chi connectivity index (χ1) is 5.42. The summed E-state index contributed by atoms with van der Waals surface area (Å²) in [5.74, 6) is 0. The number of aromatic amines is 1. The summed E-state index contributed by atoms with van der Waals surface area (Å²) in [5, 5.41) is 6.60. The molecule has 0 saturated heterocycles. The molecule has 3 nitrogen and oxygen atoms in total. The topological polar surface area (TPSA) is 39.8 Å². The number of fused-ring (bicyclic) bond motifs is 1. The summed E-state index contributed by atoms with van der Waals surface area (Å²) in [6.45, 7) is 1.05. The van der Waals surface area contributed by atoms with Gasteiger partial charge in [-0.05, 0) is 13.1 Å². The van der Waals surface area contributed by atoms with Gasteiger partial charge >= 0.3 is 0 Å². The maximum atomic E-state index is 3.38. The van der Waals surface area contributed by atoms with Crippen LogP contribution in [-0.2, 0) is 6.42 Å². The molecule has 1 aliphatic rings. The Morgan fingerprint density at radius 2 is 2.55 bits per heavy atom. The van der Waals surface area contributed by atoms with E-state index in [1.165, 1.54) is 11.3 Å². The summed E-state index contributed by atoms with van der Waals surface area (Å²) >= 11 is 0. The molecule has 3 heteroatoms. The Bertz CT molecular complexity index is 241. The predicted molar refractivity (Wildman–Crippen MR) is 44.3 cm³/mol. The molecule has 0 amide bonds. The van der Waals surface area contributed by atoms with E-state index < -0.39 is 0 Å². The van der Waals surface area contributed by atoms with Gasteiger partial charge in [0.25, 0.3) is 0 Å². The Kier molecular flexibility index (Phi) is 1.68. The van der Waals surface area contributed by atoms with Crippen molar-refractivity contribution in [1.82, 2.24) is 15.6 Å². The monoisotopic (exact) mass is 151 g/mol. The van der Waals surface area contributed by atoms with E-state index in [1.807, 2.05) is 13.2 Å². The fourth-order valence-corrected chi connectivity index (χ4v) is 1.61. The van der Waals surface area contributed by atoms with Crippen LogP contribution in [-0.4, -0.2) is 18.6 Å². The molecule has 1 aromatic heterocycles. The molecule has 11 heavy (non-hydrogen) atoms. The number of H-pyrrole nitrogens is 1. The lowest BCUT2D eigenvalue weighted by atomic mass is 10.1. The van der Waals surface area contributed by atoms with E-state index in [4.69, 9.17) is 0 Å². The van der Waals surface area contributed by atoms with Gasteiger partial charge in [-0.15, -0.1) is 0 Å². The first kappa shape index (κ1) is 6.88. The molecule has 2 heterocycles.